The van der Waals surface area contributed by atoms with Gasteiger partial charge in [-0.2, -0.15) is 0 Å². The van der Waals surface area contributed by atoms with Crippen LogP contribution >= 0.6 is 0 Å². The zero-order valence-corrected chi connectivity index (χ0v) is 13.9. The van der Waals surface area contributed by atoms with Crippen LogP contribution in [0.15, 0.2) is 0 Å². The lowest BCUT2D eigenvalue weighted by Crippen LogP contribution is -2.49. The second-order valence-electron chi connectivity index (χ2n) is 5.99. The Bertz CT molecular complexity index is 371. The van der Waals surface area contributed by atoms with Gasteiger partial charge >= 0.3 is 0 Å². The van der Waals surface area contributed by atoms with Crippen molar-refractivity contribution in [3.8, 4) is 0 Å². The van der Waals surface area contributed by atoms with E-state index in [0.29, 0.717) is 25.5 Å². The van der Waals surface area contributed by atoms with E-state index in [1.54, 1.807) is 0 Å². The molecule has 0 saturated carbocycles. The molecule has 0 spiro atoms. The number of amides is 2. The summed E-state index contributed by atoms with van der Waals surface area (Å²) in [5, 5.41) is 21.4. The van der Waals surface area contributed by atoms with E-state index in [9.17, 15) is 9.59 Å². The zero-order chi connectivity index (χ0) is 17.8. The third kappa shape index (κ3) is 10.6. The van der Waals surface area contributed by atoms with Crippen LogP contribution in [-0.4, -0.2) is 60.4 Å². The van der Waals surface area contributed by atoms with Crippen LogP contribution in [0.3, 0.4) is 0 Å². The summed E-state index contributed by atoms with van der Waals surface area (Å²) in [4.78, 5) is 32.1. The molecule has 1 aliphatic heterocycles. The topological polar surface area (TPSA) is 128 Å². The quantitative estimate of drug-likeness (QED) is 0.340. The summed E-state index contributed by atoms with van der Waals surface area (Å²) in [7, 11) is 0. The molecule has 1 heterocycles. The van der Waals surface area contributed by atoms with Gasteiger partial charge in [0.1, 0.15) is 6.04 Å². The molecule has 3 unspecified atom stereocenters. The fourth-order valence-electron chi connectivity index (χ4n) is 1.82. The highest BCUT2D eigenvalue weighted by molar-refractivity contribution is 5.90. The van der Waals surface area contributed by atoms with Gasteiger partial charge in [0.15, 0.2) is 6.10 Å². The van der Waals surface area contributed by atoms with Gasteiger partial charge in [0.25, 0.3) is 12.4 Å². The van der Waals surface area contributed by atoms with Crippen molar-refractivity contribution in [1.82, 2.24) is 10.6 Å². The average molecular weight is 332 g/mol. The lowest BCUT2D eigenvalue weighted by molar-refractivity contribution is -0.130. The molecule has 3 atom stereocenters. The van der Waals surface area contributed by atoms with E-state index in [4.69, 9.17) is 19.7 Å². The number of hydrogen-bond donors (Lipinski definition) is 4. The van der Waals surface area contributed by atoms with Crippen LogP contribution in [0.25, 0.3) is 0 Å². The lowest BCUT2D eigenvalue weighted by atomic mass is 10.0. The Morgan fingerprint density at radius 1 is 1.35 bits per heavy atom. The summed E-state index contributed by atoms with van der Waals surface area (Å²) in [5.41, 5.74) is 0. The van der Waals surface area contributed by atoms with E-state index >= 15 is 0 Å². The van der Waals surface area contributed by atoms with Gasteiger partial charge in [0, 0.05) is 13.2 Å². The van der Waals surface area contributed by atoms with Crippen molar-refractivity contribution >= 4 is 18.3 Å². The van der Waals surface area contributed by atoms with Crippen molar-refractivity contribution in [3.63, 3.8) is 0 Å². The van der Waals surface area contributed by atoms with E-state index in [-0.39, 0.29) is 36.9 Å². The van der Waals surface area contributed by atoms with Crippen LogP contribution in [0, 0.1) is 11.8 Å². The van der Waals surface area contributed by atoms with Crippen molar-refractivity contribution < 1.29 is 29.3 Å². The van der Waals surface area contributed by atoms with Crippen LogP contribution in [0.4, 0.5) is 0 Å². The standard InChI is InChI=1S/C14H26N2O4.CH2O2/c1-9(2)6-11(16-14(19)12-8-20-12)13(18)15-5-4-10(3)7-17;2-1-3/h9-12,17H,4-8H2,1-3H3,(H,15,18)(H,16,19);1H,(H,2,3). The number of rotatable bonds is 9. The van der Waals surface area contributed by atoms with Crippen molar-refractivity contribution in [3.05, 3.63) is 0 Å². The maximum Gasteiger partial charge on any atom is 0.290 e. The normalized spacial score (nSPS) is 18.2. The van der Waals surface area contributed by atoms with E-state index < -0.39 is 6.04 Å². The highest BCUT2D eigenvalue weighted by Gasteiger charge is 2.34. The first kappa shape index (κ1) is 21.3. The van der Waals surface area contributed by atoms with Gasteiger partial charge in [-0.1, -0.05) is 20.8 Å². The Labute approximate surface area is 136 Å². The number of aliphatic hydroxyl groups is 1. The number of carbonyl (C=O) groups is 3. The minimum atomic E-state index is -0.517. The van der Waals surface area contributed by atoms with Gasteiger partial charge in [-0.25, -0.2) is 0 Å². The fourth-order valence-corrected chi connectivity index (χ4v) is 1.82. The molecule has 1 saturated heterocycles. The number of ether oxygens (including phenoxy) is 1. The molecule has 4 N–H and O–H groups in total. The predicted molar refractivity (Wildman–Crippen MR) is 83.7 cm³/mol. The Kier molecular flexibility index (Phi) is 11.0. The molecule has 1 rings (SSSR count). The summed E-state index contributed by atoms with van der Waals surface area (Å²) in [6.45, 7) is 6.74. The molecular formula is C15H28N2O6. The zero-order valence-electron chi connectivity index (χ0n) is 13.9. The fraction of sp³-hybridized carbons (Fsp3) is 0.800. The maximum absolute atomic E-state index is 12.1. The lowest BCUT2D eigenvalue weighted by Gasteiger charge is -2.20. The number of carbonyl (C=O) groups excluding carboxylic acids is 2. The maximum atomic E-state index is 12.1. The first-order chi connectivity index (χ1) is 10.8. The summed E-state index contributed by atoms with van der Waals surface area (Å²) in [5.74, 6) is 0.0863. The molecule has 8 heteroatoms. The van der Waals surface area contributed by atoms with E-state index in [1.165, 1.54) is 0 Å². The van der Waals surface area contributed by atoms with Crippen LogP contribution in [0.2, 0.25) is 0 Å². The van der Waals surface area contributed by atoms with Crippen LogP contribution in [0.1, 0.15) is 33.6 Å². The van der Waals surface area contributed by atoms with Crippen LogP contribution in [0.5, 0.6) is 0 Å². The third-order valence-electron chi connectivity index (χ3n) is 3.21. The molecule has 0 aromatic carbocycles. The third-order valence-corrected chi connectivity index (χ3v) is 3.21. The molecule has 0 aromatic heterocycles. The molecular weight excluding hydrogens is 304 g/mol. The van der Waals surface area contributed by atoms with Gasteiger partial charge in [-0.15, -0.1) is 0 Å². The number of epoxide rings is 1. The number of aliphatic hydroxyl groups excluding tert-OH is 1. The summed E-state index contributed by atoms with van der Waals surface area (Å²) in [6.07, 6.45) is 0.933. The molecule has 2 amide bonds. The Morgan fingerprint density at radius 3 is 2.35 bits per heavy atom. The summed E-state index contributed by atoms with van der Waals surface area (Å²) < 4.78 is 4.91. The molecule has 134 valence electrons. The van der Waals surface area contributed by atoms with Gasteiger partial charge in [-0.05, 0) is 24.7 Å². The SMILES string of the molecule is CC(C)CC(NC(=O)C1CO1)C(=O)NCCC(C)CO.O=CO. The summed E-state index contributed by atoms with van der Waals surface area (Å²) in [6, 6.07) is -0.517. The molecule has 0 aliphatic carbocycles. The van der Waals surface area contributed by atoms with Gasteiger partial charge in [0.2, 0.25) is 5.91 Å². The monoisotopic (exact) mass is 332 g/mol. The molecule has 0 radical (unpaired) electrons. The number of hydrogen-bond acceptors (Lipinski definition) is 5. The predicted octanol–water partition coefficient (Wildman–Crippen LogP) is -0.248. The molecule has 23 heavy (non-hydrogen) atoms. The number of carboxylic acid groups (broad SMARTS) is 1. The van der Waals surface area contributed by atoms with Crippen LogP contribution in [-0.2, 0) is 19.1 Å². The largest absolute Gasteiger partial charge is 0.483 e. The van der Waals surface area contributed by atoms with E-state index in [2.05, 4.69) is 10.6 Å². The van der Waals surface area contributed by atoms with E-state index in [1.807, 2.05) is 20.8 Å². The molecule has 8 nitrogen and oxygen atoms in total. The Morgan fingerprint density at radius 2 is 1.91 bits per heavy atom. The van der Waals surface area contributed by atoms with Gasteiger partial charge in [-0.3, -0.25) is 14.4 Å². The smallest absolute Gasteiger partial charge is 0.290 e. The minimum Gasteiger partial charge on any atom is -0.483 e. The highest BCUT2D eigenvalue weighted by atomic mass is 16.6. The van der Waals surface area contributed by atoms with Crippen molar-refractivity contribution in [1.29, 1.82) is 0 Å². The van der Waals surface area contributed by atoms with E-state index in [0.717, 1.165) is 6.42 Å². The molecule has 1 aliphatic rings. The Hall–Kier alpha value is -1.67. The van der Waals surface area contributed by atoms with Crippen molar-refractivity contribution in [2.45, 2.75) is 45.8 Å². The summed E-state index contributed by atoms with van der Waals surface area (Å²) >= 11 is 0. The minimum absolute atomic E-state index is 0.112. The Balaban J connectivity index is 0.00000149. The molecule has 0 bridgehead atoms. The first-order valence-corrected chi connectivity index (χ1v) is 7.74. The van der Waals surface area contributed by atoms with Crippen LogP contribution < -0.4 is 10.6 Å². The van der Waals surface area contributed by atoms with Crippen molar-refractivity contribution in [2.24, 2.45) is 11.8 Å². The highest BCUT2D eigenvalue weighted by Crippen LogP contribution is 2.11. The molecule has 1 fully saturated rings. The first-order valence-electron chi connectivity index (χ1n) is 7.74. The second-order valence-corrected chi connectivity index (χ2v) is 5.99. The number of nitrogens with one attached hydrogen (secondary N) is 2. The van der Waals surface area contributed by atoms with Crippen molar-refractivity contribution in [2.75, 3.05) is 19.8 Å². The molecule has 0 aromatic rings. The second kappa shape index (κ2) is 11.8. The van der Waals surface area contributed by atoms with Gasteiger partial charge in [0.05, 0.1) is 6.61 Å². The van der Waals surface area contributed by atoms with Gasteiger partial charge < -0.3 is 25.6 Å². The average Bonchev–Trinajstić information content (AvgIpc) is 3.31.